The zero-order valence-electron chi connectivity index (χ0n) is 18.7. The van der Waals surface area contributed by atoms with Crippen molar-refractivity contribution >= 4 is 46.1 Å². The molecule has 5 rings (SSSR count). The van der Waals surface area contributed by atoms with Gasteiger partial charge in [-0.3, -0.25) is 9.13 Å². The van der Waals surface area contributed by atoms with Gasteiger partial charge in [0, 0.05) is 33.7 Å². The predicted octanol–water partition coefficient (Wildman–Crippen LogP) is 3.81. The van der Waals surface area contributed by atoms with Crippen molar-refractivity contribution < 1.29 is 18.3 Å². The number of morpholine rings is 1. The number of nitrogens with zero attached hydrogens (tertiary/aromatic N) is 6. The Balaban J connectivity index is 1.70. The largest absolute Gasteiger partial charge is 0.378 e. The second-order valence-electron chi connectivity index (χ2n) is 7.55. The van der Waals surface area contributed by atoms with Crippen molar-refractivity contribution in [2.45, 2.75) is 19.5 Å². The molecule has 174 valence electrons. The molecule has 1 aliphatic heterocycles. The Bertz CT molecular complexity index is 1340. The van der Waals surface area contributed by atoms with E-state index >= 15 is 0 Å². The van der Waals surface area contributed by atoms with Gasteiger partial charge < -0.3 is 18.7 Å². The van der Waals surface area contributed by atoms with Crippen LogP contribution in [0.2, 0.25) is 0 Å². The van der Waals surface area contributed by atoms with E-state index in [2.05, 4.69) is 11.8 Å². The lowest BCUT2D eigenvalue weighted by atomic mass is 10.3. The molecule has 3 aromatic heterocycles. The van der Waals surface area contributed by atoms with Crippen molar-refractivity contribution in [3.8, 4) is 5.95 Å². The molecule has 0 aliphatic carbocycles. The van der Waals surface area contributed by atoms with Gasteiger partial charge in [-0.05, 0) is 12.1 Å². The number of hydrogen-bond acceptors (Lipinski definition) is 10. The van der Waals surface area contributed by atoms with E-state index < -0.39 is 7.60 Å². The van der Waals surface area contributed by atoms with Gasteiger partial charge in [-0.2, -0.15) is 9.97 Å². The lowest BCUT2D eigenvalue weighted by Gasteiger charge is -2.28. The lowest BCUT2D eigenvalue weighted by molar-refractivity contribution is 0.122. The van der Waals surface area contributed by atoms with Gasteiger partial charge in [0.15, 0.2) is 10.6 Å². The highest BCUT2D eigenvalue weighted by Gasteiger charge is 2.27. The third-order valence-corrected chi connectivity index (χ3v) is 8.58. The second kappa shape index (κ2) is 9.08. The number of rotatable bonds is 7. The number of fused-ring (bicyclic) bond motifs is 2. The summed E-state index contributed by atoms with van der Waals surface area (Å²) in [5.41, 5.74) is 2.54. The smallest absolute Gasteiger partial charge is 0.336 e. The molecule has 0 spiro atoms. The highest BCUT2D eigenvalue weighted by Crippen LogP contribution is 2.50. The quantitative estimate of drug-likeness (QED) is 0.359. The minimum Gasteiger partial charge on any atom is -0.378 e. The first kappa shape index (κ1) is 22.4. The Labute approximate surface area is 195 Å². The molecule has 12 heteroatoms. The van der Waals surface area contributed by atoms with Gasteiger partial charge in [-0.15, -0.1) is 0 Å². The number of ether oxygens (including phenoxy) is 1. The van der Waals surface area contributed by atoms with Crippen LogP contribution in [0.4, 0.5) is 5.82 Å². The van der Waals surface area contributed by atoms with Crippen LogP contribution in [0.5, 0.6) is 0 Å². The summed E-state index contributed by atoms with van der Waals surface area (Å²) in [7, 11) is -0.500. The van der Waals surface area contributed by atoms with Crippen LogP contribution in [0.25, 0.3) is 27.3 Å². The third kappa shape index (κ3) is 4.15. The molecule has 1 fully saturated rings. The average molecular weight is 489 g/mol. The normalized spacial score (nSPS) is 15.1. The fourth-order valence-corrected chi connectivity index (χ4v) is 6.17. The molecule has 1 aliphatic rings. The highest BCUT2D eigenvalue weighted by atomic mass is 32.1. The van der Waals surface area contributed by atoms with E-state index in [1.807, 2.05) is 28.8 Å². The molecule has 0 N–H and O–H groups in total. The van der Waals surface area contributed by atoms with Crippen LogP contribution in [-0.2, 0) is 30.9 Å². The number of benzene rings is 1. The Kier molecular flexibility index (Phi) is 6.15. The van der Waals surface area contributed by atoms with E-state index in [1.54, 1.807) is 0 Å². The minimum atomic E-state index is -3.26. The van der Waals surface area contributed by atoms with Gasteiger partial charge in [-0.25, -0.2) is 9.97 Å². The molecule has 10 nitrogen and oxygen atoms in total. The van der Waals surface area contributed by atoms with Crippen LogP contribution in [0.15, 0.2) is 24.3 Å². The van der Waals surface area contributed by atoms with Crippen molar-refractivity contribution in [3.05, 3.63) is 35.1 Å². The maximum Gasteiger partial charge on any atom is 0.336 e. The zero-order valence-corrected chi connectivity index (χ0v) is 20.4. The molecule has 33 heavy (non-hydrogen) atoms. The van der Waals surface area contributed by atoms with Crippen LogP contribution in [-0.4, -0.2) is 65.0 Å². The molecule has 0 amide bonds. The van der Waals surface area contributed by atoms with E-state index in [-0.39, 0.29) is 6.16 Å². The first-order chi connectivity index (χ1) is 16.0. The van der Waals surface area contributed by atoms with E-state index in [0.29, 0.717) is 42.8 Å². The standard InChI is InChI=1S/C21H25N6O4PS/c1-4-16-22-14-7-5-6-8-15(14)27(16)21-24-19(26-9-11-31-12-10-26)18-20(25-21)33-17(23-18)13-32(28,29-2)30-3/h5-8H,4,9-13H2,1-3H3. The molecule has 1 aromatic carbocycles. The molecule has 0 unspecified atom stereocenters. The van der Waals surface area contributed by atoms with Crippen molar-refractivity contribution in [2.75, 3.05) is 45.4 Å². The predicted molar refractivity (Wildman–Crippen MR) is 128 cm³/mol. The summed E-state index contributed by atoms with van der Waals surface area (Å²) in [6.45, 7) is 4.72. The summed E-state index contributed by atoms with van der Waals surface area (Å²) in [4.78, 5) is 22.2. The number of aromatic nitrogens is 5. The summed E-state index contributed by atoms with van der Waals surface area (Å²) < 4.78 is 30.5. The molecular weight excluding hydrogens is 463 g/mol. The molecule has 4 heterocycles. The lowest BCUT2D eigenvalue weighted by Crippen LogP contribution is -2.37. The maximum absolute atomic E-state index is 12.7. The first-order valence-electron chi connectivity index (χ1n) is 10.7. The van der Waals surface area contributed by atoms with Crippen LogP contribution >= 0.6 is 18.9 Å². The molecule has 0 radical (unpaired) electrons. The van der Waals surface area contributed by atoms with Gasteiger partial charge in [0.1, 0.15) is 22.5 Å². The van der Waals surface area contributed by atoms with Gasteiger partial charge >= 0.3 is 7.60 Å². The molecule has 0 saturated carbocycles. The van der Waals surface area contributed by atoms with Gasteiger partial charge in [0.25, 0.3) is 0 Å². The molecule has 1 saturated heterocycles. The van der Waals surface area contributed by atoms with E-state index in [0.717, 1.165) is 33.9 Å². The molecule has 4 aromatic rings. The van der Waals surface area contributed by atoms with Gasteiger partial charge in [0.05, 0.1) is 24.2 Å². The monoisotopic (exact) mass is 488 g/mol. The number of para-hydroxylation sites is 2. The summed E-state index contributed by atoms with van der Waals surface area (Å²) in [6.07, 6.45) is 0.814. The van der Waals surface area contributed by atoms with E-state index in [9.17, 15) is 4.57 Å². The van der Waals surface area contributed by atoms with E-state index in [4.69, 9.17) is 33.7 Å². The maximum atomic E-state index is 12.7. The van der Waals surface area contributed by atoms with Crippen molar-refractivity contribution in [3.63, 3.8) is 0 Å². The van der Waals surface area contributed by atoms with Crippen molar-refractivity contribution in [1.82, 2.24) is 24.5 Å². The van der Waals surface area contributed by atoms with E-state index in [1.165, 1.54) is 25.6 Å². The van der Waals surface area contributed by atoms with Crippen molar-refractivity contribution in [1.29, 1.82) is 0 Å². The number of hydrogen-bond donors (Lipinski definition) is 0. The third-order valence-electron chi connectivity index (χ3n) is 5.62. The Hall–Kier alpha value is -2.43. The number of anilines is 1. The van der Waals surface area contributed by atoms with Crippen LogP contribution in [0, 0.1) is 0 Å². The SMILES string of the molecule is CCc1nc2ccccc2n1-c1nc(N2CCOCC2)c2nc(CP(=O)(OC)OC)sc2n1. The fraction of sp³-hybridized carbons (Fsp3) is 0.429. The highest BCUT2D eigenvalue weighted by molar-refractivity contribution is 7.53. The number of aryl methyl sites for hydroxylation is 1. The minimum absolute atomic E-state index is 0.0765. The summed E-state index contributed by atoms with van der Waals surface area (Å²) in [5, 5.41) is 0.629. The fourth-order valence-electron chi connectivity index (χ4n) is 3.91. The van der Waals surface area contributed by atoms with Gasteiger partial charge in [-0.1, -0.05) is 30.4 Å². The molecular formula is C21H25N6O4PS. The first-order valence-corrected chi connectivity index (χ1v) is 13.3. The summed E-state index contributed by atoms with van der Waals surface area (Å²) in [5.74, 6) is 2.17. The van der Waals surface area contributed by atoms with Crippen LogP contribution in [0.3, 0.4) is 0 Å². The Morgan fingerprint density at radius 1 is 1.09 bits per heavy atom. The number of thiazole rings is 1. The van der Waals surface area contributed by atoms with Crippen LogP contribution in [0.1, 0.15) is 17.8 Å². The van der Waals surface area contributed by atoms with Crippen LogP contribution < -0.4 is 4.90 Å². The van der Waals surface area contributed by atoms with Crippen molar-refractivity contribution in [2.24, 2.45) is 0 Å². The van der Waals surface area contributed by atoms with Gasteiger partial charge in [0.2, 0.25) is 5.95 Å². The zero-order chi connectivity index (χ0) is 23.0. The Morgan fingerprint density at radius 3 is 2.58 bits per heavy atom. The topological polar surface area (TPSA) is 104 Å². The second-order valence-corrected chi connectivity index (χ2v) is 10.9. The number of imidazole rings is 1. The molecule has 0 atom stereocenters. The average Bonchev–Trinajstić information content (AvgIpc) is 3.44. The summed E-state index contributed by atoms with van der Waals surface area (Å²) >= 11 is 1.38. The molecule has 0 bridgehead atoms. The summed E-state index contributed by atoms with van der Waals surface area (Å²) in [6, 6.07) is 7.97. The Morgan fingerprint density at radius 2 is 1.85 bits per heavy atom.